The van der Waals surface area contributed by atoms with Crippen molar-refractivity contribution in [2.75, 3.05) is 25.6 Å². The van der Waals surface area contributed by atoms with E-state index >= 15 is 0 Å². The van der Waals surface area contributed by atoms with E-state index in [4.69, 9.17) is 37.7 Å². The van der Waals surface area contributed by atoms with Crippen LogP contribution in [0.2, 0.25) is 10.0 Å². The van der Waals surface area contributed by atoms with Crippen molar-refractivity contribution in [3.63, 3.8) is 0 Å². The van der Waals surface area contributed by atoms with Crippen molar-refractivity contribution < 1.29 is 14.6 Å². The highest BCUT2D eigenvalue weighted by Gasteiger charge is 2.33. The van der Waals surface area contributed by atoms with Gasteiger partial charge in [-0.1, -0.05) is 53.5 Å². The lowest BCUT2D eigenvalue weighted by atomic mass is 9.99. The molecule has 0 radical (unpaired) electrons. The summed E-state index contributed by atoms with van der Waals surface area (Å²) in [6, 6.07) is 14.8. The van der Waals surface area contributed by atoms with Gasteiger partial charge in [0.15, 0.2) is 0 Å². The first-order valence-corrected chi connectivity index (χ1v) is 16.4. The Morgan fingerprint density at radius 1 is 1.00 bits per heavy atom. The molecule has 1 aliphatic heterocycles. The van der Waals surface area contributed by atoms with Gasteiger partial charge in [0.25, 0.3) is 5.56 Å². The van der Waals surface area contributed by atoms with Crippen LogP contribution >= 0.6 is 23.2 Å². The number of aliphatic hydroxyl groups excluding tert-OH is 1. The van der Waals surface area contributed by atoms with Crippen LogP contribution in [0.5, 0.6) is 5.88 Å². The number of fused-ring (bicyclic) bond motifs is 2. The third kappa shape index (κ3) is 5.55. The largest absolute Gasteiger partial charge is 0.481 e. The number of anilines is 2. The fourth-order valence-electron chi connectivity index (χ4n) is 6.76. The number of hydrogen-bond donors (Lipinski definition) is 3. The summed E-state index contributed by atoms with van der Waals surface area (Å²) in [5, 5.41) is 18.4. The van der Waals surface area contributed by atoms with Crippen LogP contribution in [0.1, 0.15) is 30.0 Å². The Labute approximate surface area is 286 Å². The van der Waals surface area contributed by atoms with Crippen molar-refractivity contribution in [1.29, 1.82) is 0 Å². The number of aromatic nitrogens is 4. The Morgan fingerprint density at radius 2 is 1.75 bits per heavy atom. The minimum atomic E-state index is -0.561. The molecule has 2 aromatic carbocycles. The fourth-order valence-corrected chi connectivity index (χ4v) is 7.36. The molecule has 0 saturated carbocycles. The van der Waals surface area contributed by atoms with Crippen molar-refractivity contribution >= 4 is 45.6 Å². The molecule has 11 nitrogen and oxygen atoms in total. The summed E-state index contributed by atoms with van der Waals surface area (Å²) in [6.45, 7) is 0.939. The quantitative estimate of drug-likeness (QED) is 0.212. The third-order valence-electron chi connectivity index (χ3n) is 9.29. The van der Waals surface area contributed by atoms with Gasteiger partial charge in [-0.15, -0.1) is 0 Å². The highest BCUT2D eigenvalue weighted by Crippen LogP contribution is 2.44. The van der Waals surface area contributed by atoms with Crippen molar-refractivity contribution in [2.45, 2.75) is 37.5 Å². The number of halogens is 2. The Hall–Kier alpha value is -4.26. The van der Waals surface area contributed by atoms with Crippen LogP contribution in [0.3, 0.4) is 0 Å². The van der Waals surface area contributed by atoms with Crippen LogP contribution < -0.4 is 26.6 Å². The van der Waals surface area contributed by atoms with E-state index in [9.17, 15) is 14.7 Å². The van der Waals surface area contributed by atoms with Crippen molar-refractivity contribution in [3.05, 3.63) is 96.7 Å². The fraction of sp³-hybridized carbons (Fsp3) is 0.314. The van der Waals surface area contributed by atoms with Gasteiger partial charge in [0.05, 0.1) is 46.8 Å². The highest BCUT2D eigenvalue weighted by atomic mass is 35.5. The summed E-state index contributed by atoms with van der Waals surface area (Å²) in [4.78, 5) is 34.9. The minimum Gasteiger partial charge on any atom is -0.481 e. The standard InChI is InChI=1S/C35H34Cl2N6O5/c1-42-26-12-14-38-32(29(26)34(45)43(2)35(42)46)40-24-9-5-7-20(31(24)37)19-6-4-8-21(30(19)36)25-16-18-10-11-23(28(18)33(41-25)47-3)39-22-13-15-48-17-27(22)44/h4-9,12,14,16,22-23,27,39,44H,10-11,13,15,17H2,1-3H3,(H,38,40)/t22-,23-,27+/m0/s1. The average Bonchev–Trinajstić information content (AvgIpc) is 3.50. The summed E-state index contributed by atoms with van der Waals surface area (Å²) in [5.74, 6) is 0.798. The normalized spacial score (nSPS) is 19.0. The van der Waals surface area contributed by atoms with Gasteiger partial charge < -0.3 is 25.2 Å². The van der Waals surface area contributed by atoms with E-state index in [2.05, 4.69) is 21.7 Å². The van der Waals surface area contributed by atoms with Gasteiger partial charge in [0.2, 0.25) is 5.88 Å². The monoisotopic (exact) mass is 688 g/mol. The summed E-state index contributed by atoms with van der Waals surface area (Å²) in [6.07, 6.45) is 3.40. The van der Waals surface area contributed by atoms with E-state index in [0.717, 1.165) is 40.5 Å². The number of aliphatic hydroxyl groups is 1. The van der Waals surface area contributed by atoms with Gasteiger partial charge in [-0.05, 0) is 43.0 Å². The van der Waals surface area contributed by atoms with Crippen molar-refractivity contribution in [2.24, 2.45) is 14.1 Å². The zero-order valence-corrected chi connectivity index (χ0v) is 28.1. The highest BCUT2D eigenvalue weighted by molar-refractivity contribution is 6.39. The number of hydrogen-bond acceptors (Lipinski definition) is 9. The van der Waals surface area contributed by atoms with Gasteiger partial charge in [-0.25, -0.2) is 14.8 Å². The number of benzene rings is 2. The SMILES string of the molecule is COc1nc(-c2cccc(-c3cccc(Nc4nccc5c4c(=O)n(C)c(=O)n5C)c3Cl)c2Cl)cc2c1[C@@H](N[C@H]1CCOC[C@H]1O)CC2. The molecule has 0 amide bonds. The summed E-state index contributed by atoms with van der Waals surface area (Å²) < 4.78 is 13.7. The Kier molecular flexibility index (Phi) is 8.73. The second kappa shape index (κ2) is 13.0. The Balaban J connectivity index is 1.24. The molecule has 7 rings (SSSR count). The number of rotatable bonds is 7. The summed E-state index contributed by atoms with van der Waals surface area (Å²) >= 11 is 14.1. The molecule has 0 unspecified atom stereocenters. The van der Waals surface area contributed by atoms with Crippen LogP contribution in [0.4, 0.5) is 11.5 Å². The molecule has 1 saturated heterocycles. The lowest BCUT2D eigenvalue weighted by molar-refractivity contribution is -0.0304. The minimum absolute atomic E-state index is 0.00592. The van der Waals surface area contributed by atoms with E-state index in [1.807, 2.05) is 30.3 Å². The van der Waals surface area contributed by atoms with Gasteiger partial charge in [-0.3, -0.25) is 13.9 Å². The number of nitrogens with zero attached hydrogens (tertiary/aromatic N) is 4. The topological polar surface area (TPSA) is 133 Å². The molecule has 248 valence electrons. The van der Waals surface area contributed by atoms with Crippen LogP contribution in [0.15, 0.2) is 64.3 Å². The number of aryl methyl sites for hydroxylation is 2. The Bertz CT molecular complexity index is 2180. The van der Waals surface area contributed by atoms with Gasteiger partial charge >= 0.3 is 5.69 Å². The van der Waals surface area contributed by atoms with Gasteiger partial charge in [-0.2, -0.15) is 0 Å². The number of ether oxygens (including phenoxy) is 2. The van der Waals surface area contributed by atoms with E-state index < -0.39 is 17.4 Å². The summed E-state index contributed by atoms with van der Waals surface area (Å²) in [5.41, 5.74) is 4.95. The van der Waals surface area contributed by atoms with E-state index in [-0.39, 0.29) is 23.3 Å². The number of methoxy groups -OCH3 is 1. The molecule has 3 aromatic heterocycles. The molecule has 0 spiro atoms. The van der Waals surface area contributed by atoms with Crippen molar-refractivity contribution in [1.82, 2.24) is 24.4 Å². The molecule has 1 aliphatic carbocycles. The maximum Gasteiger partial charge on any atom is 0.330 e. The van der Waals surface area contributed by atoms with E-state index in [1.165, 1.54) is 17.8 Å². The average molecular weight is 690 g/mol. The van der Waals surface area contributed by atoms with Crippen molar-refractivity contribution in [3.8, 4) is 28.3 Å². The smallest absolute Gasteiger partial charge is 0.330 e. The molecule has 5 aromatic rings. The zero-order chi connectivity index (χ0) is 33.7. The molecule has 4 heterocycles. The molecule has 0 bridgehead atoms. The van der Waals surface area contributed by atoms with E-state index in [1.54, 1.807) is 26.3 Å². The zero-order valence-electron chi connectivity index (χ0n) is 26.6. The maximum absolute atomic E-state index is 13.1. The summed E-state index contributed by atoms with van der Waals surface area (Å²) in [7, 11) is 4.65. The second-order valence-electron chi connectivity index (χ2n) is 12.1. The molecule has 13 heteroatoms. The third-order valence-corrected chi connectivity index (χ3v) is 10.1. The van der Waals surface area contributed by atoms with Crippen LogP contribution in [0, 0.1) is 0 Å². The predicted molar refractivity (Wildman–Crippen MR) is 187 cm³/mol. The van der Waals surface area contributed by atoms with E-state index in [0.29, 0.717) is 57.2 Å². The Morgan fingerprint density at radius 3 is 2.52 bits per heavy atom. The van der Waals surface area contributed by atoms with Gasteiger partial charge in [0, 0.05) is 61.2 Å². The number of nitrogens with one attached hydrogen (secondary N) is 2. The maximum atomic E-state index is 13.1. The molecule has 3 N–H and O–H groups in total. The lowest BCUT2D eigenvalue weighted by Crippen LogP contribution is -2.47. The second-order valence-corrected chi connectivity index (χ2v) is 12.9. The van der Waals surface area contributed by atoms with Crippen LogP contribution in [-0.4, -0.2) is 56.7 Å². The first kappa shape index (κ1) is 32.3. The lowest BCUT2D eigenvalue weighted by Gasteiger charge is -2.31. The number of pyridine rings is 2. The van der Waals surface area contributed by atoms with Crippen LogP contribution in [-0.2, 0) is 25.3 Å². The molecular weight excluding hydrogens is 655 g/mol. The molecular formula is C35H34Cl2N6O5. The molecule has 2 aliphatic rings. The molecule has 3 atom stereocenters. The first-order chi connectivity index (χ1) is 23.2. The predicted octanol–water partition coefficient (Wildman–Crippen LogP) is 5.15. The molecule has 1 fully saturated rings. The molecule has 48 heavy (non-hydrogen) atoms. The van der Waals surface area contributed by atoms with Crippen LogP contribution in [0.25, 0.3) is 33.3 Å². The van der Waals surface area contributed by atoms with Gasteiger partial charge in [0.1, 0.15) is 11.2 Å². The first-order valence-electron chi connectivity index (χ1n) is 15.7.